The quantitative estimate of drug-likeness (QED) is 0.354. The summed E-state index contributed by atoms with van der Waals surface area (Å²) in [5.74, 6) is 1.56. The molecule has 1 aromatic heterocycles. The van der Waals surface area contributed by atoms with Gasteiger partial charge >= 0.3 is 0 Å². The molecule has 0 saturated carbocycles. The summed E-state index contributed by atoms with van der Waals surface area (Å²) in [6, 6.07) is 23.8. The number of hydrogen-bond acceptors (Lipinski definition) is 5. The van der Waals surface area contributed by atoms with Crippen molar-refractivity contribution >= 4 is 40.0 Å². The highest BCUT2D eigenvalue weighted by molar-refractivity contribution is 8.00. The van der Waals surface area contributed by atoms with Crippen molar-refractivity contribution in [1.29, 1.82) is 0 Å². The van der Waals surface area contributed by atoms with E-state index in [0.717, 1.165) is 56.8 Å². The molecule has 0 unspecified atom stereocenters. The van der Waals surface area contributed by atoms with E-state index in [9.17, 15) is 9.59 Å². The van der Waals surface area contributed by atoms with E-state index in [4.69, 9.17) is 0 Å². The van der Waals surface area contributed by atoms with Gasteiger partial charge in [0.25, 0.3) is 0 Å². The second kappa shape index (κ2) is 8.61. The summed E-state index contributed by atoms with van der Waals surface area (Å²) in [5.41, 5.74) is 3.56. The van der Waals surface area contributed by atoms with Crippen LogP contribution in [-0.2, 0) is 4.79 Å². The molecule has 6 heteroatoms. The maximum Gasteiger partial charge on any atom is 0.233 e. The van der Waals surface area contributed by atoms with Gasteiger partial charge in [0.2, 0.25) is 5.91 Å². The van der Waals surface area contributed by atoms with Crippen molar-refractivity contribution in [3.05, 3.63) is 90.1 Å². The Hall–Kier alpha value is -3.64. The van der Waals surface area contributed by atoms with Crippen molar-refractivity contribution in [1.82, 2.24) is 9.88 Å². The molecule has 0 N–H and O–H groups in total. The fourth-order valence-corrected chi connectivity index (χ4v) is 5.89. The molecule has 0 radical (unpaired) electrons. The number of piperazine rings is 1. The zero-order valence-electron chi connectivity index (χ0n) is 18.6. The molecule has 3 aromatic carbocycles. The minimum absolute atomic E-state index is 0.0673. The van der Waals surface area contributed by atoms with Crippen LogP contribution in [0.4, 0.5) is 5.82 Å². The van der Waals surface area contributed by atoms with Crippen molar-refractivity contribution in [3.8, 4) is 11.1 Å². The number of thioether (sulfide) groups is 1. The zero-order valence-corrected chi connectivity index (χ0v) is 19.4. The number of aromatic nitrogens is 1. The first-order valence-corrected chi connectivity index (χ1v) is 12.5. The van der Waals surface area contributed by atoms with Gasteiger partial charge in [0, 0.05) is 53.8 Å². The SMILES string of the molecule is O=C1c2ccccc2-c2ccc(SCC(=O)N3CCN(c4ccccn4)CC3)c3cccc1c23. The van der Waals surface area contributed by atoms with Gasteiger partial charge in [-0.05, 0) is 34.7 Å². The van der Waals surface area contributed by atoms with E-state index in [2.05, 4.69) is 28.1 Å². The van der Waals surface area contributed by atoms with Crippen molar-refractivity contribution in [2.45, 2.75) is 4.90 Å². The first-order chi connectivity index (χ1) is 16.7. The summed E-state index contributed by atoms with van der Waals surface area (Å²) < 4.78 is 0. The van der Waals surface area contributed by atoms with E-state index in [0.29, 0.717) is 18.8 Å². The lowest BCUT2D eigenvalue weighted by atomic mass is 9.83. The van der Waals surface area contributed by atoms with Crippen LogP contribution in [0.3, 0.4) is 0 Å². The molecule has 4 aromatic rings. The number of nitrogens with zero attached hydrogens (tertiary/aromatic N) is 3. The van der Waals surface area contributed by atoms with E-state index in [1.165, 1.54) is 0 Å². The minimum atomic E-state index is 0.0673. The van der Waals surface area contributed by atoms with Crippen LogP contribution in [0.5, 0.6) is 0 Å². The molecule has 0 atom stereocenters. The Kier molecular flexibility index (Phi) is 5.30. The fraction of sp³-hybridized carbons (Fsp3) is 0.179. The van der Waals surface area contributed by atoms with E-state index in [-0.39, 0.29) is 11.7 Å². The largest absolute Gasteiger partial charge is 0.353 e. The molecule has 0 spiro atoms. The topological polar surface area (TPSA) is 53.5 Å². The Labute approximate surface area is 202 Å². The van der Waals surface area contributed by atoms with Crippen LogP contribution in [0, 0.1) is 0 Å². The third-order valence-electron chi connectivity index (χ3n) is 6.66. The van der Waals surface area contributed by atoms with Gasteiger partial charge in [-0.3, -0.25) is 9.59 Å². The maximum absolute atomic E-state index is 13.1. The summed E-state index contributed by atoms with van der Waals surface area (Å²) in [6.45, 7) is 2.97. The molecular weight excluding hydrogens is 442 g/mol. The third-order valence-corrected chi connectivity index (χ3v) is 7.72. The van der Waals surface area contributed by atoms with Gasteiger partial charge in [-0.2, -0.15) is 0 Å². The van der Waals surface area contributed by atoms with E-state index < -0.39 is 0 Å². The number of ketones is 1. The number of carbonyl (C=O) groups is 2. The second-order valence-electron chi connectivity index (χ2n) is 8.56. The van der Waals surface area contributed by atoms with Crippen LogP contribution in [0.15, 0.2) is 83.9 Å². The van der Waals surface area contributed by atoms with E-state index in [1.54, 1.807) is 18.0 Å². The number of benzene rings is 3. The average molecular weight is 466 g/mol. The van der Waals surface area contributed by atoms with Crippen molar-refractivity contribution in [3.63, 3.8) is 0 Å². The molecule has 2 aliphatic rings. The van der Waals surface area contributed by atoms with Crippen LogP contribution in [-0.4, -0.2) is 53.5 Å². The minimum Gasteiger partial charge on any atom is -0.353 e. The second-order valence-corrected chi connectivity index (χ2v) is 9.58. The Morgan fingerprint density at radius 2 is 1.56 bits per heavy atom. The third kappa shape index (κ3) is 3.55. The molecule has 6 rings (SSSR count). The predicted octanol–water partition coefficient (Wildman–Crippen LogP) is 4.89. The highest BCUT2D eigenvalue weighted by Gasteiger charge is 2.26. The Bertz CT molecular complexity index is 1410. The zero-order chi connectivity index (χ0) is 23.1. The molecule has 2 heterocycles. The van der Waals surface area contributed by atoms with Gasteiger partial charge in [0.05, 0.1) is 5.75 Å². The monoisotopic (exact) mass is 465 g/mol. The smallest absolute Gasteiger partial charge is 0.233 e. The van der Waals surface area contributed by atoms with Crippen LogP contribution in [0.2, 0.25) is 0 Å². The molecule has 1 amide bonds. The summed E-state index contributed by atoms with van der Waals surface area (Å²) in [6.07, 6.45) is 1.80. The van der Waals surface area contributed by atoms with Crippen molar-refractivity contribution in [2.24, 2.45) is 0 Å². The van der Waals surface area contributed by atoms with Gasteiger partial charge in [0.15, 0.2) is 5.78 Å². The normalized spacial score (nSPS) is 14.9. The molecular formula is C28H23N3O2S. The molecule has 168 valence electrons. The van der Waals surface area contributed by atoms with E-state index in [1.807, 2.05) is 59.5 Å². The molecule has 1 aliphatic heterocycles. The van der Waals surface area contributed by atoms with Crippen molar-refractivity contribution in [2.75, 3.05) is 36.8 Å². The summed E-state index contributed by atoms with van der Waals surface area (Å²) in [5, 5.41) is 2.03. The lowest BCUT2D eigenvalue weighted by molar-refractivity contribution is -0.128. The van der Waals surface area contributed by atoms with E-state index >= 15 is 0 Å². The van der Waals surface area contributed by atoms with Crippen LogP contribution in [0.1, 0.15) is 15.9 Å². The first kappa shape index (κ1) is 20.9. The van der Waals surface area contributed by atoms with Gasteiger partial charge in [-0.25, -0.2) is 4.98 Å². The molecule has 1 fully saturated rings. The number of fused-ring (bicyclic) bond motifs is 2. The first-order valence-electron chi connectivity index (χ1n) is 11.5. The van der Waals surface area contributed by atoms with Crippen LogP contribution in [0.25, 0.3) is 21.9 Å². The number of amides is 1. The number of carbonyl (C=O) groups excluding carboxylic acids is 2. The molecule has 1 aliphatic carbocycles. The van der Waals surface area contributed by atoms with Crippen LogP contribution < -0.4 is 4.90 Å². The van der Waals surface area contributed by atoms with Gasteiger partial charge in [0.1, 0.15) is 5.82 Å². The summed E-state index contributed by atoms with van der Waals surface area (Å²) in [7, 11) is 0. The molecule has 0 bridgehead atoms. The Morgan fingerprint density at radius 1 is 0.794 bits per heavy atom. The lowest BCUT2D eigenvalue weighted by Crippen LogP contribution is -2.49. The number of pyridine rings is 1. The standard InChI is InChI=1S/C28H23N3O2S/c32-26(31-16-14-30(15-17-31)25-10-3-4-13-29-25)18-34-24-12-11-20-19-6-1-2-7-21(19)28(33)23-9-5-8-22(24)27(20)23/h1-13H,14-18H2. The fourth-order valence-electron chi connectivity index (χ4n) is 4.94. The highest BCUT2D eigenvalue weighted by Crippen LogP contribution is 2.42. The summed E-state index contributed by atoms with van der Waals surface area (Å²) >= 11 is 1.55. The molecule has 5 nitrogen and oxygen atoms in total. The summed E-state index contributed by atoms with van der Waals surface area (Å²) in [4.78, 5) is 35.7. The van der Waals surface area contributed by atoms with Gasteiger partial charge < -0.3 is 9.80 Å². The maximum atomic E-state index is 13.1. The highest BCUT2D eigenvalue weighted by atomic mass is 32.2. The lowest BCUT2D eigenvalue weighted by Gasteiger charge is -2.35. The molecule has 34 heavy (non-hydrogen) atoms. The van der Waals surface area contributed by atoms with Crippen LogP contribution >= 0.6 is 11.8 Å². The average Bonchev–Trinajstić information content (AvgIpc) is 2.91. The molecule has 1 saturated heterocycles. The Morgan fingerprint density at radius 3 is 2.35 bits per heavy atom. The number of hydrogen-bond donors (Lipinski definition) is 0. The predicted molar refractivity (Wildman–Crippen MR) is 137 cm³/mol. The van der Waals surface area contributed by atoms with Gasteiger partial charge in [-0.1, -0.05) is 54.6 Å². The number of anilines is 1. The van der Waals surface area contributed by atoms with Gasteiger partial charge in [-0.15, -0.1) is 11.8 Å². The van der Waals surface area contributed by atoms with Crippen molar-refractivity contribution < 1.29 is 9.59 Å². The Balaban J connectivity index is 1.20. The number of rotatable bonds is 4.